The molecule has 1 aromatic rings. The Morgan fingerprint density at radius 2 is 2.40 bits per heavy atom. The van der Waals surface area contributed by atoms with Crippen LogP contribution < -0.4 is 4.90 Å². The molecule has 0 radical (unpaired) electrons. The van der Waals surface area contributed by atoms with Gasteiger partial charge in [0, 0.05) is 25.6 Å². The maximum atomic E-state index is 11.7. The van der Waals surface area contributed by atoms with E-state index in [0.717, 1.165) is 11.5 Å². The quantitative estimate of drug-likeness (QED) is 0.904. The normalized spacial score (nSPS) is 29.3. The molecule has 2 saturated heterocycles. The molecule has 0 spiro atoms. The van der Waals surface area contributed by atoms with Gasteiger partial charge in [-0.15, -0.1) is 0 Å². The van der Waals surface area contributed by atoms with E-state index in [-0.39, 0.29) is 5.92 Å². The fourth-order valence-electron chi connectivity index (χ4n) is 3.18. The van der Waals surface area contributed by atoms with E-state index in [1.54, 1.807) is 0 Å². The lowest BCUT2D eigenvalue weighted by Gasteiger charge is -2.33. The highest BCUT2D eigenvalue weighted by molar-refractivity contribution is 6.31. The minimum absolute atomic E-state index is 0.0199. The average molecular weight is 297 g/mol. The van der Waals surface area contributed by atoms with Crippen LogP contribution in [0.25, 0.3) is 0 Å². The summed E-state index contributed by atoms with van der Waals surface area (Å²) in [5, 5.41) is 10.3. The fourth-order valence-corrected chi connectivity index (χ4v) is 3.29. The molecule has 1 aromatic heterocycles. The molecule has 0 saturated carbocycles. The number of aliphatic carboxylic acids is 1. The molecule has 0 aliphatic carbocycles. The molecular formula is C14H17ClN2O3. The number of hydrogen-bond acceptors (Lipinski definition) is 4. The van der Waals surface area contributed by atoms with E-state index in [9.17, 15) is 9.90 Å². The summed E-state index contributed by atoms with van der Waals surface area (Å²) in [5.74, 6) is 0.0902. The first-order valence-electron chi connectivity index (χ1n) is 6.72. The van der Waals surface area contributed by atoms with Gasteiger partial charge in [-0.25, -0.2) is 4.98 Å². The lowest BCUT2D eigenvalue weighted by molar-refractivity contribution is -0.157. The van der Waals surface area contributed by atoms with Crippen LogP contribution in [0.4, 0.5) is 5.82 Å². The number of pyridine rings is 1. The monoisotopic (exact) mass is 296 g/mol. The average Bonchev–Trinajstić information content (AvgIpc) is 2.82. The molecular weight excluding hydrogens is 280 g/mol. The summed E-state index contributed by atoms with van der Waals surface area (Å²) < 4.78 is 5.45. The van der Waals surface area contributed by atoms with E-state index in [4.69, 9.17) is 16.3 Å². The molecule has 0 amide bonds. The van der Waals surface area contributed by atoms with Crippen LogP contribution in [0.15, 0.2) is 12.1 Å². The second-order valence-electron chi connectivity index (χ2n) is 5.60. The van der Waals surface area contributed by atoms with E-state index in [0.29, 0.717) is 37.7 Å². The number of nitrogens with zero attached hydrogens (tertiary/aromatic N) is 2. The lowest BCUT2D eigenvalue weighted by atomic mass is 9.74. The van der Waals surface area contributed by atoms with Crippen molar-refractivity contribution < 1.29 is 14.6 Å². The van der Waals surface area contributed by atoms with Crippen LogP contribution in [-0.4, -0.2) is 42.4 Å². The lowest BCUT2D eigenvalue weighted by Crippen LogP contribution is -2.44. The molecule has 5 nitrogen and oxygen atoms in total. The Morgan fingerprint density at radius 3 is 3.05 bits per heavy atom. The van der Waals surface area contributed by atoms with Crippen LogP contribution in [0.2, 0.25) is 5.02 Å². The van der Waals surface area contributed by atoms with E-state index < -0.39 is 11.4 Å². The number of hydrogen-bond donors (Lipinski definition) is 1. The smallest absolute Gasteiger partial charge is 0.311 e. The number of ether oxygens (including phenoxy) is 1. The molecule has 6 heteroatoms. The van der Waals surface area contributed by atoms with Crippen LogP contribution in [-0.2, 0) is 9.53 Å². The van der Waals surface area contributed by atoms with Crippen molar-refractivity contribution in [3.8, 4) is 0 Å². The fraction of sp³-hybridized carbons (Fsp3) is 0.571. The molecule has 1 N–H and O–H groups in total. The largest absolute Gasteiger partial charge is 0.481 e. The third-order valence-corrected chi connectivity index (χ3v) is 4.86. The summed E-state index contributed by atoms with van der Waals surface area (Å²) >= 11 is 5.99. The predicted molar refractivity (Wildman–Crippen MR) is 75.2 cm³/mol. The summed E-state index contributed by atoms with van der Waals surface area (Å²) in [6.07, 6.45) is 0.566. The Hall–Kier alpha value is -1.33. The predicted octanol–water partition coefficient (Wildman–Crippen LogP) is 1.97. The van der Waals surface area contributed by atoms with Crippen LogP contribution in [0.3, 0.4) is 0 Å². The zero-order valence-electron chi connectivity index (χ0n) is 11.3. The van der Waals surface area contributed by atoms with Crippen molar-refractivity contribution in [3.05, 3.63) is 22.8 Å². The number of carboxylic acids is 1. The molecule has 2 atom stereocenters. The Morgan fingerprint density at radius 1 is 1.60 bits per heavy atom. The summed E-state index contributed by atoms with van der Waals surface area (Å²) in [6, 6.07) is 3.66. The summed E-state index contributed by atoms with van der Waals surface area (Å²) in [5.41, 5.74) is 0.0627. The summed E-state index contributed by atoms with van der Waals surface area (Å²) in [4.78, 5) is 18.2. The second kappa shape index (κ2) is 4.90. The van der Waals surface area contributed by atoms with Gasteiger partial charge in [-0.1, -0.05) is 11.6 Å². The van der Waals surface area contributed by atoms with Gasteiger partial charge in [0.25, 0.3) is 0 Å². The Balaban J connectivity index is 1.90. The van der Waals surface area contributed by atoms with Gasteiger partial charge in [-0.2, -0.15) is 0 Å². The van der Waals surface area contributed by atoms with Gasteiger partial charge in [0.15, 0.2) is 0 Å². The van der Waals surface area contributed by atoms with Crippen molar-refractivity contribution in [2.75, 3.05) is 31.2 Å². The summed E-state index contributed by atoms with van der Waals surface area (Å²) in [6.45, 7) is 4.04. The number of aryl methyl sites for hydroxylation is 1. The third-order valence-electron chi connectivity index (χ3n) is 4.46. The Bertz CT molecular complexity index is 551. The van der Waals surface area contributed by atoms with E-state index >= 15 is 0 Å². The molecule has 0 unspecified atom stereocenters. The second-order valence-corrected chi connectivity index (χ2v) is 6.01. The number of halogens is 1. The number of carboxylic acid groups (broad SMARTS) is 1. The van der Waals surface area contributed by atoms with Gasteiger partial charge in [-0.05, 0) is 25.5 Å². The van der Waals surface area contributed by atoms with E-state index in [1.165, 1.54) is 0 Å². The number of anilines is 1. The molecule has 2 fully saturated rings. The standard InChI is InChI=1S/C14H17ClN2O3/c1-9-11(15)2-3-12(16-9)17-6-10-7-20-5-4-14(10,8-17)13(18)19/h2-3,10H,4-8H2,1H3,(H,18,19)/t10-,14+/m1/s1. The number of carbonyl (C=O) groups is 1. The first-order chi connectivity index (χ1) is 9.53. The first-order valence-corrected chi connectivity index (χ1v) is 7.10. The molecule has 2 aliphatic heterocycles. The number of fused-ring (bicyclic) bond motifs is 1. The van der Waals surface area contributed by atoms with Crippen LogP contribution in [0.5, 0.6) is 0 Å². The van der Waals surface area contributed by atoms with Crippen molar-refractivity contribution in [3.63, 3.8) is 0 Å². The molecule has 108 valence electrons. The van der Waals surface area contributed by atoms with Gasteiger partial charge in [0.1, 0.15) is 5.82 Å². The van der Waals surface area contributed by atoms with Gasteiger partial charge in [-0.3, -0.25) is 4.79 Å². The number of rotatable bonds is 2. The van der Waals surface area contributed by atoms with Crippen LogP contribution >= 0.6 is 11.6 Å². The van der Waals surface area contributed by atoms with Gasteiger partial charge in [0.2, 0.25) is 0 Å². The van der Waals surface area contributed by atoms with E-state index in [1.807, 2.05) is 24.0 Å². The highest BCUT2D eigenvalue weighted by Crippen LogP contribution is 2.43. The van der Waals surface area contributed by atoms with Gasteiger partial charge < -0.3 is 14.7 Å². The van der Waals surface area contributed by atoms with Crippen molar-refractivity contribution >= 4 is 23.4 Å². The van der Waals surface area contributed by atoms with Crippen molar-refractivity contribution in [1.82, 2.24) is 4.98 Å². The van der Waals surface area contributed by atoms with Crippen molar-refractivity contribution in [2.24, 2.45) is 11.3 Å². The molecule has 3 rings (SSSR count). The van der Waals surface area contributed by atoms with Crippen molar-refractivity contribution in [1.29, 1.82) is 0 Å². The zero-order chi connectivity index (χ0) is 14.3. The topological polar surface area (TPSA) is 62.7 Å². The Kier molecular flexibility index (Phi) is 3.34. The summed E-state index contributed by atoms with van der Waals surface area (Å²) in [7, 11) is 0. The number of aromatic nitrogens is 1. The third kappa shape index (κ3) is 2.05. The van der Waals surface area contributed by atoms with Gasteiger partial charge in [0.05, 0.1) is 22.7 Å². The molecule has 0 aromatic carbocycles. The van der Waals surface area contributed by atoms with Crippen LogP contribution in [0, 0.1) is 18.3 Å². The molecule has 0 bridgehead atoms. The minimum Gasteiger partial charge on any atom is -0.481 e. The first kappa shape index (κ1) is 13.6. The molecule has 2 aliphatic rings. The highest BCUT2D eigenvalue weighted by Gasteiger charge is 2.54. The molecule has 3 heterocycles. The SMILES string of the molecule is Cc1nc(N2C[C@@H]3COCC[C@]3(C(=O)O)C2)ccc1Cl. The highest BCUT2D eigenvalue weighted by atomic mass is 35.5. The van der Waals surface area contributed by atoms with Crippen molar-refractivity contribution in [2.45, 2.75) is 13.3 Å². The maximum absolute atomic E-state index is 11.7. The zero-order valence-corrected chi connectivity index (χ0v) is 12.1. The van der Waals surface area contributed by atoms with Crippen LogP contribution in [0.1, 0.15) is 12.1 Å². The Labute approximate surface area is 122 Å². The van der Waals surface area contributed by atoms with E-state index in [2.05, 4.69) is 4.98 Å². The maximum Gasteiger partial charge on any atom is 0.311 e. The van der Waals surface area contributed by atoms with Gasteiger partial charge >= 0.3 is 5.97 Å². The minimum atomic E-state index is -0.723. The molecule has 20 heavy (non-hydrogen) atoms.